The molecular weight excluding hydrogens is 326 g/mol. The molecule has 0 aliphatic heterocycles. The summed E-state index contributed by atoms with van der Waals surface area (Å²) >= 11 is 0. The van der Waals surface area contributed by atoms with Gasteiger partial charge in [-0.2, -0.15) is 5.10 Å². The van der Waals surface area contributed by atoms with Gasteiger partial charge < -0.3 is 10.1 Å². The molecule has 0 bridgehead atoms. The van der Waals surface area contributed by atoms with Crippen molar-refractivity contribution >= 4 is 5.91 Å². The van der Waals surface area contributed by atoms with Crippen LogP contribution in [0.5, 0.6) is 5.75 Å². The first-order chi connectivity index (χ1) is 12.6. The van der Waals surface area contributed by atoms with Gasteiger partial charge in [0.2, 0.25) is 0 Å². The van der Waals surface area contributed by atoms with Crippen LogP contribution in [0.15, 0.2) is 54.6 Å². The Balaban J connectivity index is 1.67. The molecule has 5 heteroatoms. The number of aryl methyl sites for hydroxylation is 2. The van der Waals surface area contributed by atoms with Gasteiger partial charge in [0.15, 0.2) is 0 Å². The number of carbonyl (C=O) groups is 1. The Hall–Kier alpha value is -3.08. The lowest BCUT2D eigenvalue weighted by molar-refractivity contribution is 0.0948. The summed E-state index contributed by atoms with van der Waals surface area (Å²) in [7, 11) is 1.56. The lowest BCUT2D eigenvalue weighted by Crippen LogP contribution is -2.23. The molecule has 0 saturated heterocycles. The van der Waals surface area contributed by atoms with Crippen LogP contribution in [-0.4, -0.2) is 22.8 Å². The Morgan fingerprint density at radius 1 is 1.08 bits per heavy atom. The number of nitrogens with one attached hydrogen (secondary N) is 1. The summed E-state index contributed by atoms with van der Waals surface area (Å²) in [6.07, 6.45) is 0. The molecular formula is C21H23N3O2. The number of para-hydroxylation sites is 1. The number of hydrogen-bond acceptors (Lipinski definition) is 3. The van der Waals surface area contributed by atoms with E-state index in [0.717, 1.165) is 22.5 Å². The van der Waals surface area contributed by atoms with Crippen molar-refractivity contribution in [3.63, 3.8) is 0 Å². The highest BCUT2D eigenvalue weighted by molar-refractivity contribution is 5.96. The average Bonchev–Trinajstić information content (AvgIpc) is 2.97. The van der Waals surface area contributed by atoms with Crippen LogP contribution in [-0.2, 0) is 13.1 Å². The lowest BCUT2D eigenvalue weighted by Gasteiger charge is -2.10. The number of nitrogens with zero attached hydrogens (tertiary/aromatic N) is 2. The van der Waals surface area contributed by atoms with Crippen molar-refractivity contribution in [2.45, 2.75) is 26.9 Å². The highest BCUT2D eigenvalue weighted by atomic mass is 16.5. The van der Waals surface area contributed by atoms with Crippen molar-refractivity contribution in [2.75, 3.05) is 7.11 Å². The number of ether oxygens (including phenoxy) is 1. The molecule has 3 rings (SSSR count). The second-order valence-corrected chi connectivity index (χ2v) is 6.29. The van der Waals surface area contributed by atoms with Crippen molar-refractivity contribution in [3.8, 4) is 5.75 Å². The molecule has 26 heavy (non-hydrogen) atoms. The van der Waals surface area contributed by atoms with Gasteiger partial charge in [-0.05, 0) is 43.2 Å². The molecule has 0 aliphatic carbocycles. The first kappa shape index (κ1) is 17.7. The van der Waals surface area contributed by atoms with Crippen molar-refractivity contribution in [2.24, 2.45) is 0 Å². The van der Waals surface area contributed by atoms with Crippen LogP contribution in [0.1, 0.15) is 32.9 Å². The molecule has 0 radical (unpaired) electrons. The molecule has 0 unspecified atom stereocenters. The first-order valence-electron chi connectivity index (χ1n) is 8.57. The quantitative estimate of drug-likeness (QED) is 0.741. The standard InChI is InChI=1S/C21H23N3O2/c1-15-11-16(2)24(23-15)14-18-8-6-7-17(12-18)13-22-21(25)19-9-4-5-10-20(19)26-3/h4-12H,13-14H2,1-3H3,(H,22,25). The van der Waals surface area contributed by atoms with E-state index in [1.807, 2.05) is 35.9 Å². The number of aromatic nitrogens is 2. The van der Waals surface area contributed by atoms with Gasteiger partial charge >= 0.3 is 0 Å². The molecule has 0 fully saturated rings. The zero-order valence-electron chi connectivity index (χ0n) is 15.3. The molecule has 0 atom stereocenters. The third-order valence-electron chi connectivity index (χ3n) is 4.23. The molecule has 1 aromatic heterocycles. The predicted molar refractivity (Wildman–Crippen MR) is 101 cm³/mol. The summed E-state index contributed by atoms with van der Waals surface area (Å²) in [5.41, 5.74) is 4.89. The van der Waals surface area contributed by atoms with Crippen LogP contribution in [0, 0.1) is 13.8 Å². The smallest absolute Gasteiger partial charge is 0.255 e. The molecule has 1 N–H and O–H groups in total. The van der Waals surface area contributed by atoms with E-state index in [1.165, 1.54) is 0 Å². The minimum Gasteiger partial charge on any atom is -0.496 e. The Morgan fingerprint density at radius 3 is 2.58 bits per heavy atom. The highest BCUT2D eigenvalue weighted by Gasteiger charge is 2.11. The fourth-order valence-corrected chi connectivity index (χ4v) is 2.96. The second kappa shape index (κ2) is 7.87. The molecule has 1 heterocycles. The van der Waals surface area contributed by atoms with Crippen LogP contribution in [0.2, 0.25) is 0 Å². The predicted octanol–water partition coefficient (Wildman–Crippen LogP) is 3.49. The summed E-state index contributed by atoms with van der Waals surface area (Å²) in [6.45, 7) is 5.22. The maximum Gasteiger partial charge on any atom is 0.255 e. The van der Waals surface area contributed by atoms with Crippen LogP contribution in [0.3, 0.4) is 0 Å². The van der Waals surface area contributed by atoms with Crippen LogP contribution < -0.4 is 10.1 Å². The molecule has 5 nitrogen and oxygen atoms in total. The summed E-state index contributed by atoms with van der Waals surface area (Å²) < 4.78 is 7.23. The van der Waals surface area contributed by atoms with Crippen molar-refractivity contribution in [1.29, 1.82) is 0 Å². The number of methoxy groups -OCH3 is 1. The normalized spacial score (nSPS) is 10.6. The van der Waals surface area contributed by atoms with E-state index in [1.54, 1.807) is 19.2 Å². The Morgan fingerprint density at radius 2 is 1.85 bits per heavy atom. The third kappa shape index (κ3) is 4.11. The molecule has 3 aromatic rings. The van der Waals surface area contributed by atoms with Gasteiger partial charge in [0, 0.05) is 12.2 Å². The Kier molecular flexibility index (Phi) is 5.37. The average molecular weight is 349 g/mol. The van der Waals surface area contributed by atoms with Gasteiger partial charge in [0.05, 0.1) is 24.9 Å². The highest BCUT2D eigenvalue weighted by Crippen LogP contribution is 2.17. The number of benzene rings is 2. The van der Waals surface area contributed by atoms with E-state index in [2.05, 4.69) is 35.5 Å². The number of hydrogen-bond donors (Lipinski definition) is 1. The minimum atomic E-state index is -0.147. The van der Waals surface area contributed by atoms with Gasteiger partial charge in [0.25, 0.3) is 5.91 Å². The summed E-state index contributed by atoms with van der Waals surface area (Å²) in [5, 5.41) is 7.46. The van der Waals surface area contributed by atoms with E-state index in [0.29, 0.717) is 24.4 Å². The third-order valence-corrected chi connectivity index (χ3v) is 4.23. The van der Waals surface area contributed by atoms with E-state index in [-0.39, 0.29) is 5.91 Å². The zero-order valence-corrected chi connectivity index (χ0v) is 15.3. The van der Waals surface area contributed by atoms with Gasteiger partial charge in [-0.25, -0.2) is 0 Å². The summed E-state index contributed by atoms with van der Waals surface area (Å²) in [5.74, 6) is 0.426. The summed E-state index contributed by atoms with van der Waals surface area (Å²) in [6, 6.07) is 17.5. The van der Waals surface area contributed by atoms with E-state index >= 15 is 0 Å². The zero-order chi connectivity index (χ0) is 18.5. The largest absolute Gasteiger partial charge is 0.496 e. The van der Waals surface area contributed by atoms with E-state index < -0.39 is 0 Å². The van der Waals surface area contributed by atoms with E-state index in [9.17, 15) is 4.79 Å². The molecule has 1 amide bonds. The summed E-state index contributed by atoms with van der Waals surface area (Å²) in [4.78, 5) is 12.4. The van der Waals surface area contributed by atoms with Crippen molar-refractivity contribution in [3.05, 3.63) is 82.7 Å². The SMILES string of the molecule is COc1ccccc1C(=O)NCc1cccc(Cn2nc(C)cc2C)c1. The molecule has 2 aromatic carbocycles. The molecule has 0 saturated carbocycles. The van der Waals surface area contributed by atoms with Gasteiger partial charge in [-0.1, -0.05) is 36.4 Å². The van der Waals surface area contributed by atoms with Gasteiger partial charge in [-0.3, -0.25) is 9.48 Å². The maximum atomic E-state index is 12.4. The lowest BCUT2D eigenvalue weighted by atomic mass is 10.1. The fourth-order valence-electron chi connectivity index (χ4n) is 2.96. The number of rotatable bonds is 6. The monoisotopic (exact) mass is 349 g/mol. The van der Waals surface area contributed by atoms with Crippen molar-refractivity contribution < 1.29 is 9.53 Å². The molecule has 134 valence electrons. The van der Waals surface area contributed by atoms with E-state index in [4.69, 9.17) is 4.74 Å². The molecule has 0 aliphatic rings. The topological polar surface area (TPSA) is 56.1 Å². The van der Waals surface area contributed by atoms with Gasteiger partial charge in [-0.15, -0.1) is 0 Å². The van der Waals surface area contributed by atoms with Crippen LogP contribution in [0.25, 0.3) is 0 Å². The first-order valence-corrected chi connectivity index (χ1v) is 8.57. The second-order valence-electron chi connectivity index (χ2n) is 6.29. The number of carbonyl (C=O) groups excluding carboxylic acids is 1. The van der Waals surface area contributed by atoms with Gasteiger partial charge in [0.1, 0.15) is 5.75 Å². The maximum absolute atomic E-state index is 12.4. The van der Waals surface area contributed by atoms with Crippen LogP contribution in [0.4, 0.5) is 0 Å². The van der Waals surface area contributed by atoms with Crippen molar-refractivity contribution in [1.82, 2.24) is 15.1 Å². The number of amides is 1. The molecule has 0 spiro atoms. The minimum absolute atomic E-state index is 0.147. The fraction of sp³-hybridized carbons (Fsp3) is 0.238. The Bertz CT molecular complexity index is 915. The Labute approximate surface area is 153 Å². The van der Waals surface area contributed by atoms with Crippen LogP contribution >= 0.6 is 0 Å².